The van der Waals surface area contributed by atoms with E-state index in [0.717, 1.165) is 16.3 Å². The number of aryl methyl sites for hydroxylation is 1. The Morgan fingerprint density at radius 3 is 3.08 bits per heavy atom. The van der Waals surface area contributed by atoms with Crippen molar-refractivity contribution in [2.24, 2.45) is 0 Å². The predicted molar refractivity (Wildman–Crippen MR) is 54.7 cm³/mol. The lowest BCUT2D eigenvalue weighted by atomic mass is 10.3. The molecule has 1 aromatic carbocycles. The molecule has 1 heterocycles. The first-order chi connectivity index (χ1) is 5.79. The van der Waals surface area contributed by atoms with E-state index in [1.54, 1.807) is 11.3 Å². The third-order valence-electron chi connectivity index (χ3n) is 1.60. The van der Waals surface area contributed by atoms with Crippen LogP contribution in [0.1, 0.15) is 5.01 Å². The number of hydrogen-bond donors (Lipinski definition) is 0. The van der Waals surface area contributed by atoms with Crippen molar-refractivity contribution in [1.82, 2.24) is 4.98 Å². The van der Waals surface area contributed by atoms with Crippen LogP contribution in [0.15, 0.2) is 18.2 Å². The Morgan fingerprint density at radius 2 is 2.33 bits per heavy atom. The molecule has 0 radical (unpaired) electrons. The van der Waals surface area contributed by atoms with Crippen LogP contribution in [0.4, 0.5) is 0 Å². The van der Waals surface area contributed by atoms with E-state index in [0.29, 0.717) is 0 Å². The van der Waals surface area contributed by atoms with Gasteiger partial charge in [-0.15, -0.1) is 11.3 Å². The zero-order valence-corrected chi connectivity index (χ0v) is 8.54. The van der Waals surface area contributed by atoms with E-state index < -0.39 is 0 Å². The predicted octanol–water partition coefficient (Wildman–Crippen LogP) is 2.77. The minimum absolute atomic E-state index is 0.831. The normalized spacial score (nSPS) is 10.5. The smallest absolute Gasteiger partial charge is 0.124 e. The van der Waals surface area contributed by atoms with E-state index in [1.807, 2.05) is 25.1 Å². The van der Waals surface area contributed by atoms with Crippen LogP contribution in [-0.4, -0.2) is 4.98 Å². The molecule has 62 valence electrons. The summed E-state index contributed by atoms with van der Waals surface area (Å²) in [5.74, 6) is 0.831. The van der Waals surface area contributed by atoms with Crippen molar-refractivity contribution in [1.29, 1.82) is 0 Å². The monoisotopic (exact) mass is 197 g/mol. The molecule has 0 aliphatic rings. The highest BCUT2D eigenvalue weighted by molar-refractivity contribution is 7.18. The molecule has 0 aliphatic carbocycles. The van der Waals surface area contributed by atoms with E-state index >= 15 is 0 Å². The summed E-state index contributed by atoms with van der Waals surface area (Å²) in [6.45, 7) is 2.01. The molecule has 0 amide bonds. The molecule has 0 fully saturated rings. The fourth-order valence-electron chi connectivity index (χ4n) is 1.10. The molecule has 0 saturated heterocycles. The van der Waals surface area contributed by atoms with Gasteiger partial charge in [0.05, 0.1) is 24.7 Å². The van der Waals surface area contributed by atoms with Crippen molar-refractivity contribution in [2.45, 2.75) is 6.92 Å². The Morgan fingerprint density at radius 1 is 1.50 bits per heavy atom. The van der Waals surface area contributed by atoms with Gasteiger partial charge in [0.25, 0.3) is 0 Å². The maximum absolute atomic E-state index is 5.01. The summed E-state index contributed by atoms with van der Waals surface area (Å²) in [6, 6.07) is 5.90. The Labute approximate surface area is 76.9 Å². The minimum atomic E-state index is 0.831. The molecular formula is C8H8NOPS. The molecule has 1 unspecified atom stereocenters. The molecule has 0 bridgehead atoms. The Bertz CT molecular complexity index is 412. The van der Waals surface area contributed by atoms with E-state index in [2.05, 4.69) is 14.5 Å². The second kappa shape index (κ2) is 3.00. The summed E-state index contributed by atoms with van der Waals surface area (Å²) >= 11 is 1.70. The van der Waals surface area contributed by atoms with Crippen LogP contribution in [0, 0.1) is 6.92 Å². The van der Waals surface area contributed by atoms with Crippen LogP contribution >= 0.6 is 20.8 Å². The Balaban J connectivity index is 2.66. The molecule has 12 heavy (non-hydrogen) atoms. The number of rotatable bonds is 1. The standard InChI is InChI=1S/C8H8NOPS/c1-5-9-7-4-6(10-11)2-3-8(7)12-5/h2-4H,11H2,1H3. The maximum atomic E-state index is 5.01. The van der Waals surface area contributed by atoms with Crippen molar-refractivity contribution in [3.05, 3.63) is 23.2 Å². The minimum Gasteiger partial charge on any atom is -0.480 e. The van der Waals surface area contributed by atoms with Gasteiger partial charge in [0.15, 0.2) is 0 Å². The third-order valence-corrected chi connectivity index (χ3v) is 2.83. The van der Waals surface area contributed by atoms with E-state index in [9.17, 15) is 0 Å². The van der Waals surface area contributed by atoms with Gasteiger partial charge in [0, 0.05) is 6.07 Å². The molecule has 0 saturated carbocycles. The van der Waals surface area contributed by atoms with Gasteiger partial charge < -0.3 is 4.52 Å². The number of hydrogen-bond acceptors (Lipinski definition) is 3. The largest absolute Gasteiger partial charge is 0.480 e. The Hall–Kier alpha value is -0.660. The molecular weight excluding hydrogens is 189 g/mol. The molecule has 2 aromatic rings. The quantitative estimate of drug-likeness (QED) is 0.656. The fourth-order valence-corrected chi connectivity index (χ4v) is 2.05. The van der Waals surface area contributed by atoms with Crippen molar-refractivity contribution in [3.63, 3.8) is 0 Å². The van der Waals surface area contributed by atoms with Crippen LogP contribution in [0.3, 0.4) is 0 Å². The van der Waals surface area contributed by atoms with E-state index in [-0.39, 0.29) is 0 Å². The lowest BCUT2D eigenvalue weighted by Crippen LogP contribution is -1.73. The molecule has 1 atom stereocenters. The number of fused-ring (bicyclic) bond motifs is 1. The molecule has 2 nitrogen and oxygen atoms in total. The summed E-state index contributed by atoms with van der Waals surface area (Å²) in [6.07, 6.45) is 0. The molecule has 1 aromatic heterocycles. The van der Waals surface area contributed by atoms with Gasteiger partial charge in [-0.25, -0.2) is 4.98 Å². The molecule has 0 aliphatic heterocycles. The summed E-state index contributed by atoms with van der Waals surface area (Å²) < 4.78 is 6.22. The average molecular weight is 197 g/mol. The number of aromatic nitrogens is 1. The van der Waals surface area contributed by atoms with Crippen LogP contribution < -0.4 is 4.52 Å². The summed E-state index contributed by atoms with van der Waals surface area (Å²) in [5.41, 5.74) is 1.01. The highest BCUT2D eigenvalue weighted by Crippen LogP contribution is 2.25. The second-order valence-corrected chi connectivity index (χ2v) is 3.95. The first kappa shape index (κ1) is 7.96. The van der Waals surface area contributed by atoms with Gasteiger partial charge >= 0.3 is 0 Å². The van der Waals surface area contributed by atoms with Crippen molar-refractivity contribution < 1.29 is 4.52 Å². The van der Waals surface area contributed by atoms with Crippen molar-refractivity contribution in [3.8, 4) is 5.75 Å². The van der Waals surface area contributed by atoms with Crippen LogP contribution in [-0.2, 0) is 0 Å². The third kappa shape index (κ3) is 1.30. The highest BCUT2D eigenvalue weighted by atomic mass is 32.1. The van der Waals surface area contributed by atoms with E-state index in [1.165, 1.54) is 4.70 Å². The SMILES string of the molecule is Cc1nc2cc(OP)ccc2s1. The second-order valence-electron chi connectivity index (χ2n) is 2.48. The summed E-state index contributed by atoms with van der Waals surface area (Å²) in [4.78, 5) is 4.35. The number of benzene rings is 1. The molecule has 0 N–H and O–H groups in total. The topological polar surface area (TPSA) is 22.1 Å². The van der Waals surface area contributed by atoms with Gasteiger partial charge in [-0.05, 0) is 19.1 Å². The maximum Gasteiger partial charge on any atom is 0.124 e. The zero-order valence-electron chi connectivity index (χ0n) is 6.57. The van der Waals surface area contributed by atoms with Crippen LogP contribution in [0.2, 0.25) is 0 Å². The lowest BCUT2D eigenvalue weighted by molar-refractivity contribution is 0.647. The first-order valence-corrected chi connectivity index (χ1v) is 4.82. The molecule has 0 spiro atoms. The highest BCUT2D eigenvalue weighted by Gasteiger charge is 2.00. The zero-order chi connectivity index (χ0) is 8.55. The molecule has 4 heteroatoms. The lowest BCUT2D eigenvalue weighted by Gasteiger charge is -1.96. The fraction of sp³-hybridized carbons (Fsp3) is 0.125. The number of nitrogens with zero attached hydrogens (tertiary/aromatic N) is 1. The van der Waals surface area contributed by atoms with Gasteiger partial charge in [0.2, 0.25) is 0 Å². The van der Waals surface area contributed by atoms with Gasteiger partial charge in [-0.2, -0.15) is 0 Å². The van der Waals surface area contributed by atoms with Crippen LogP contribution in [0.5, 0.6) is 5.75 Å². The van der Waals surface area contributed by atoms with E-state index in [4.69, 9.17) is 4.52 Å². The average Bonchev–Trinajstić information content (AvgIpc) is 2.43. The van der Waals surface area contributed by atoms with Gasteiger partial charge in [-0.1, -0.05) is 0 Å². The summed E-state index contributed by atoms with van der Waals surface area (Å²) in [5, 5.41) is 1.09. The van der Waals surface area contributed by atoms with Crippen LogP contribution in [0.25, 0.3) is 10.2 Å². The van der Waals surface area contributed by atoms with Crippen molar-refractivity contribution in [2.75, 3.05) is 0 Å². The number of thiazole rings is 1. The van der Waals surface area contributed by atoms with Gasteiger partial charge in [0.1, 0.15) is 5.75 Å². The van der Waals surface area contributed by atoms with Gasteiger partial charge in [-0.3, -0.25) is 0 Å². The molecule has 2 rings (SSSR count). The Kier molecular flexibility index (Phi) is 1.99. The summed E-state index contributed by atoms with van der Waals surface area (Å²) in [7, 11) is 2.23. The van der Waals surface area contributed by atoms with Crippen molar-refractivity contribution >= 4 is 31.0 Å². The first-order valence-electron chi connectivity index (χ1n) is 3.53.